The van der Waals surface area contributed by atoms with Gasteiger partial charge in [0.1, 0.15) is 10.5 Å². The van der Waals surface area contributed by atoms with Crippen LogP contribution in [-0.2, 0) is 11.3 Å². The molecule has 0 fully saturated rings. The molecule has 6 nitrogen and oxygen atoms in total. The second-order valence-corrected chi connectivity index (χ2v) is 5.40. The van der Waals surface area contributed by atoms with Gasteiger partial charge in [0.25, 0.3) is 5.56 Å². The molecule has 2 aromatic heterocycles. The van der Waals surface area contributed by atoms with Gasteiger partial charge in [-0.3, -0.25) is 14.9 Å². The van der Waals surface area contributed by atoms with Crippen molar-refractivity contribution < 1.29 is 4.79 Å². The van der Waals surface area contributed by atoms with Crippen molar-refractivity contribution in [2.75, 3.05) is 14.1 Å². The molecule has 0 saturated heterocycles. The van der Waals surface area contributed by atoms with E-state index in [0.29, 0.717) is 22.6 Å². The fourth-order valence-corrected chi connectivity index (χ4v) is 2.46. The van der Waals surface area contributed by atoms with E-state index in [1.807, 2.05) is 11.4 Å². The molecule has 2 rings (SSSR count). The third kappa shape index (κ3) is 2.99. The lowest BCUT2D eigenvalue weighted by Gasteiger charge is -2.17. The fraction of sp³-hybridized carbons (Fsp3) is 0.417. The summed E-state index contributed by atoms with van der Waals surface area (Å²) < 4.78 is 0.626. The van der Waals surface area contributed by atoms with E-state index < -0.39 is 0 Å². The van der Waals surface area contributed by atoms with Crippen molar-refractivity contribution in [3.05, 3.63) is 27.6 Å². The first kappa shape index (κ1) is 13.7. The van der Waals surface area contributed by atoms with Gasteiger partial charge in [-0.25, -0.2) is 4.98 Å². The van der Waals surface area contributed by atoms with Gasteiger partial charge in [0.05, 0.1) is 18.1 Å². The quantitative estimate of drug-likeness (QED) is 0.857. The summed E-state index contributed by atoms with van der Waals surface area (Å²) in [5, 5.41) is 4.88. The maximum absolute atomic E-state index is 11.8. The van der Waals surface area contributed by atoms with Gasteiger partial charge in [0.15, 0.2) is 0 Å². The summed E-state index contributed by atoms with van der Waals surface area (Å²) >= 11 is 1.37. The third-order valence-corrected chi connectivity index (χ3v) is 3.65. The Morgan fingerprint density at radius 3 is 3.00 bits per heavy atom. The van der Waals surface area contributed by atoms with Gasteiger partial charge in [-0.1, -0.05) is 0 Å². The Morgan fingerprint density at radius 2 is 2.32 bits per heavy atom. The average Bonchev–Trinajstić information content (AvgIpc) is 2.83. The van der Waals surface area contributed by atoms with Crippen LogP contribution in [0.5, 0.6) is 0 Å². The number of carbonyl (C=O) groups excluding carboxylic acids is 1. The standard InChI is InChI=1S/C12H16N4O2S/c1-7(12(18)16(2)3)13-6-9-14-8-4-5-19-10(8)11(17)15-9/h4-5,7,13H,6H2,1-3H3,(H,14,15,17). The van der Waals surface area contributed by atoms with Crippen molar-refractivity contribution >= 4 is 27.5 Å². The Morgan fingerprint density at radius 1 is 1.58 bits per heavy atom. The molecule has 1 unspecified atom stereocenters. The molecule has 1 atom stereocenters. The number of hydrogen-bond donors (Lipinski definition) is 2. The zero-order valence-corrected chi connectivity index (χ0v) is 11.9. The third-order valence-electron chi connectivity index (χ3n) is 2.75. The average molecular weight is 280 g/mol. The molecule has 0 aromatic carbocycles. The van der Waals surface area contributed by atoms with E-state index >= 15 is 0 Å². The van der Waals surface area contributed by atoms with Crippen LogP contribution < -0.4 is 10.9 Å². The lowest BCUT2D eigenvalue weighted by atomic mass is 10.3. The number of nitrogens with one attached hydrogen (secondary N) is 2. The Hall–Kier alpha value is -1.73. The van der Waals surface area contributed by atoms with Crippen LogP contribution >= 0.6 is 11.3 Å². The van der Waals surface area contributed by atoms with Crippen LogP contribution in [0.2, 0.25) is 0 Å². The van der Waals surface area contributed by atoms with Crippen molar-refractivity contribution in [3.63, 3.8) is 0 Å². The van der Waals surface area contributed by atoms with E-state index in [1.54, 1.807) is 21.0 Å². The van der Waals surface area contributed by atoms with Crippen LogP contribution in [0.25, 0.3) is 10.2 Å². The molecule has 7 heteroatoms. The van der Waals surface area contributed by atoms with Crippen LogP contribution in [0.4, 0.5) is 0 Å². The van der Waals surface area contributed by atoms with Crippen molar-refractivity contribution in [1.29, 1.82) is 0 Å². The lowest BCUT2D eigenvalue weighted by molar-refractivity contribution is -0.130. The number of H-pyrrole nitrogens is 1. The van der Waals surface area contributed by atoms with Crippen molar-refractivity contribution in [2.45, 2.75) is 19.5 Å². The van der Waals surface area contributed by atoms with Gasteiger partial charge in [-0.05, 0) is 18.4 Å². The fourth-order valence-electron chi connectivity index (χ4n) is 1.73. The molecule has 0 radical (unpaired) electrons. The number of nitrogens with zero attached hydrogens (tertiary/aromatic N) is 2. The monoisotopic (exact) mass is 280 g/mol. The Bertz CT molecular complexity index is 646. The summed E-state index contributed by atoms with van der Waals surface area (Å²) in [5.41, 5.74) is 0.556. The molecule has 0 aliphatic rings. The highest BCUT2D eigenvalue weighted by atomic mass is 32.1. The van der Waals surface area contributed by atoms with Crippen LogP contribution in [0, 0.1) is 0 Å². The first-order chi connectivity index (χ1) is 8.99. The summed E-state index contributed by atoms with van der Waals surface area (Å²) in [6.45, 7) is 2.13. The first-order valence-corrected chi connectivity index (χ1v) is 6.78. The molecular formula is C12H16N4O2S. The number of aromatic amines is 1. The maximum Gasteiger partial charge on any atom is 0.268 e. The molecular weight excluding hydrogens is 264 g/mol. The minimum absolute atomic E-state index is 0.0149. The van der Waals surface area contributed by atoms with Gasteiger partial charge in [-0.15, -0.1) is 11.3 Å². The van der Waals surface area contributed by atoms with Gasteiger partial charge < -0.3 is 9.88 Å². The summed E-state index contributed by atoms with van der Waals surface area (Å²) in [5.74, 6) is 0.522. The number of thiophene rings is 1. The van der Waals surface area contributed by atoms with Crippen molar-refractivity contribution in [2.24, 2.45) is 0 Å². The number of rotatable bonds is 4. The summed E-state index contributed by atoms with van der Waals surface area (Å²) in [6, 6.07) is 1.49. The Kier molecular flexibility index (Phi) is 3.96. The highest BCUT2D eigenvalue weighted by Crippen LogP contribution is 2.13. The second kappa shape index (κ2) is 5.50. The zero-order chi connectivity index (χ0) is 14.0. The van der Waals surface area contributed by atoms with E-state index in [1.165, 1.54) is 16.2 Å². The number of fused-ring (bicyclic) bond motifs is 1. The maximum atomic E-state index is 11.8. The molecule has 1 amide bonds. The summed E-state index contributed by atoms with van der Waals surface area (Å²) in [7, 11) is 3.41. The normalized spacial score (nSPS) is 12.6. The molecule has 0 spiro atoms. The van der Waals surface area contributed by atoms with Crippen molar-refractivity contribution in [3.8, 4) is 0 Å². The molecule has 2 heterocycles. The summed E-state index contributed by atoms with van der Waals surface area (Å²) in [6.07, 6.45) is 0. The second-order valence-electron chi connectivity index (χ2n) is 4.48. The summed E-state index contributed by atoms with van der Waals surface area (Å²) in [4.78, 5) is 32.0. The van der Waals surface area contributed by atoms with Gasteiger partial charge in [0.2, 0.25) is 5.91 Å². The van der Waals surface area contributed by atoms with Gasteiger partial charge >= 0.3 is 0 Å². The predicted octanol–water partition coefficient (Wildman–Crippen LogP) is 0.551. The molecule has 0 bridgehead atoms. The number of likely N-dealkylation sites (N-methyl/N-ethyl adjacent to an activating group) is 1. The Balaban J connectivity index is 2.10. The molecule has 2 N–H and O–H groups in total. The smallest absolute Gasteiger partial charge is 0.268 e. The molecule has 19 heavy (non-hydrogen) atoms. The number of aromatic nitrogens is 2. The van der Waals surface area contributed by atoms with E-state index in [9.17, 15) is 9.59 Å². The lowest BCUT2D eigenvalue weighted by Crippen LogP contribution is -2.41. The first-order valence-electron chi connectivity index (χ1n) is 5.90. The largest absolute Gasteiger partial charge is 0.347 e. The van der Waals surface area contributed by atoms with Crippen molar-refractivity contribution in [1.82, 2.24) is 20.2 Å². The SMILES string of the molecule is CC(NCc1nc2ccsc2c(=O)[nH]1)C(=O)N(C)C. The topological polar surface area (TPSA) is 78.1 Å². The van der Waals surface area contributed by atoms with Crippen LogP contribution in [-0.4, -0.2) is 40.9 Å². The van der Waals surface area contributed by atoms with Crippen LogP contribution in [0.3, 0.4) is 0 Å². The Labute approximate surface area is 114 Å². The highest BCUT2D eigenvalue weighted by Gasteiger charge is 2.14. The predicted molar refractivity (Wildman–Crippen MR) is 75.2 cm³/mol. The van der Waals surface area contributed by atoms with E-state index in [-0.39, 0.29) is 17.5 Å². The van der Waals surface area contributed by atoms with E-state index in [2.05, 4.69) is 15.3 Å². The zero-order valence-electron chi connectivity index (χ0n) is 11.1. The van der Waals surface area contributed by atoms with E-state index in [0.717, 1.165) is 0 Å². The number of carbonyl (C=O) groups is 1. The molecule has 0 saturated carbocycles. The molecule has 0 aliphatic carbocycles. The van der Waals surface area contributed by atoms with E-state index in [4.69, 9.17) is 0 Å². The molecule has 102 valence electrons. The highest BCUT2D eigenvalue weighted by molar-refractivity contribution is 7.17. The van der Waals surface area contributed by atoms with Crippen LogP contribution in [0.15, 0.2) is 16.2 Å². The molecule has 0 aliphatic heterocycles. The molecule has 2 aromatic rings. The minimum atomic E-state index is -0.321. The van der Waals surface area contributed by atoms with Crippen LogP contribution in [0.1, 0.15) is 12.7 Å². The van der Waals surface area contributed by atoms with Gasteiger partial charge in [-0.2, -0.15) is 0 Å². The number of hydrogen-bond acceptors (Lipinski definition) is 5. The van der Waals surface area contributed by atoms with Gasteiger partial charge in [0, 0.05) is 14.1 Å². The number of amides is 1. The minimum Gasteiger partial charge on any atom is -0.347 e.